The summed E-state index contributed by atoms with van der Waals surface area (Å²) in [6.07, 6.45) is 0. The zero-order valence-electron chi connectivity index (χ0n) is 11.9. The van der Waals surface area contributed by atoms with Crippen molar-refractivity contribution in [3.63, 3.8) is 0 Å². The number of benzene rings is 2. The summed E-state index contributed by atoms with van der Waals surface area (Å²) < 4.78 is 23.8. The molecular weight excluding hydrogens is 285 g/mol. The summed E-state index contributed by atoms with van der Waals surface area (Å²) in [6, 6.07) is 13.2. The fraction of sp³-hybridized carbons (Fsp3) is 0.118. The summed E-state index contributed by atoms with van der Waals surface area (Å²) in [6.45, 7) is -0.246. The normalized spacial score (nSPS) is 10.7. The quantitative estimate of drug-likeness (QED) is 0.799. The molecule has 0 bridgehead atoms. The van der Waals surface area contributed by atoms with Gasteiger partial charge >= 0.3 is 0 Å². The lowest BCUT2D eigenvalue weighted by atomic mass is 10.0. The van der Waals surface area contributed by atoms with E-state index in [0.29, 0.717) is 33.9 Å². The van der Waals surface area contributed by atoms with Crippen LogP contribution in [0.25, 0.3) is 22.6 Å². The van der Waals surface area contributed by atoms with Gasteiger partial charge in [0.2, 0.25) is 0 Å². The monoisotopic (exact) mass is 299 g/mol. The minimum absolute atomic E-state index is 0.246. The molecule has 0 spiro atoms. The summed E-state index contributed by atoms with van der Waals surface area (Å²) >= 11 is 0. The van der Waals surface area contributed by atoms with Gasteiger partial charge in [0, 0.05) is 5.56 Å². The minimum Gasteiger partial charge on any atom is -0.496 e. The summed E-state index contributed by atoms with van der Waals surface area (Å²) in [5, 5.41) is 13.7. The number of aliphatic hydroxyl groups is 1. The lowest BCUT2D eigenvalue weighted by Gasteiger charge is -2.06. The van der Waals surface area contributed by atoms with E-state index in [1.807, 2.05) is 18.2 Å². The van der Waals surface area contributed by atoms with E-state index in [1.165, 1.54) is 12.1 Å². The zero-order chi connectivity index (χ0) is 15.5. The molecule has 1 aromatic heterocycles. The van der Waals surface area contributed by atoms with Crippen LogP contribution >= 0.6 is 0 Å². The average molecular weight is 299 g/mol. The molecule has 4 nitrogen and oxygen atoms in total. The second-order valence-electron chi connectivity index (χ2n) is 4.70. The smallest absolute Gasteiger partial charge is 0.176 e. The molecule has 0 aliphatic rings. The van der Waals surface area contributed by atoms with Gasteiger partial charge in [-0.2, -0.15) is 0 Å². The van der Waals surface area contributed by atoms with E-state index in [2.05, 4.69) is 5.16 Å². The van der Waals surface area contributed by atoms with Crippen LogP contribution in [0.3, 0.4) is 0 Å². The van der Waals surface area contributed by atoms with E-state index in [0.717, 1.165) is 0 Å². The maximum absolute atomic E-state index is 13.0. The van der Waals surface area contributed by atoms with Crippen LogP contribution in [0.2, 0.25) is 0 Å². The Bertz CT molecular complexity index is 781. The van der Waals surface area contributed by atoms with Crippen molar-refractivity contribution in [1.82, 2.24) is 5.16 Å². The number of hydrogen-bond acceptors (Lipinski definition) is 4. The topological polar surface area (TPSA) is 55.5 Å². The Kier molecular flexibility index (Phi) is 3.89. The summed E-state index contributed by atoms with van der Waals surface area (Å²) in [7, 11) is 1.56. The summed E-state index contributed by atoms with van der Waals surface area (Å²) in [5.74, 6) is 0.737. The number of nitrogens with zero attached hydrogens (tertiary/aromatic N) is 1. The lowest BCUT2D eigenvalue weighted by Crippen LogP contribution is -1.91. The fourth-order valence-corrected chi connectivity index (χ4v) is 2.33. The Morgan fingerprint density at radius 1 is 1.14 bits per heavy atom. The molecule has 112 valence electrons. The van der Waals surface area contributed by atoms with Gasteiger partial charge in [0.05, 0.1) is 24.8 Å². The Balaban J connectivity index is 2.13. The van der Waals surface area contributed by atoms with Gasteiger partial charge in [-0.05, 0) is 36.4 Å². The Morgan fingerprint density at radius 2 is 1.86 bits per heavy atom. The summed E-state index contributed by atoms with van der Waals surface area (Å²) in [5.41, 5.74) is 2.41. The molecule has 0 saturated carbocycles. The maximum atomic E-state index is 13.0. The van der Waals surface area contributed by atoms with E-state index in [1.54, 1.807) is 25.3 Å². The number of rotatable bonds is 4. The number of methoxy groups -OCH3 is 1. The van der Waals surface area contributed by atoms with E-state index in [4.69, 9.17) is 9.26 Å². The molecule has 0 fully saturated rings. The third kappa shape index (κ3) is 2.46. The second kappa shape index (κ2) is 5.99. The Labute approximate surface area is 126 Å². The number of para-hydroxylation sites is 1. The summed E-state index contributed by atoms with van der Waals surface area (Å²) in [4.78, 5) is 0. The van der Waals surface area contributed by atoms with Crippen molar-refractivity contribution in [3.05, 3.63) is 59.9 Å². The van der Waals surface area contributed by atoms with Crippen molar-refractivity contribution in [3.8, 4) is 28.3 Å². The van der Waals surface area contributed by atoms with Crippen molar-refractivity contribution in [2.24, 2.45) is 0 Å². The highest BCUT2D eigenvalue weighted by atomic mass is 19.1. The SMILES string of the molecule is COc1ccccc1-c1onc(-c2ccc(F)cc2)c1CO. The molecule has 0 aliphatic heterocycles. The number of aromatic nitrogens is 1. The van der Waals surface area contributed by atoms with Crippen LogP contribution in [0.1, 0.15) is 5.56 Å². The standard InChI is InChI=1S/C17H14FNO3/c1-21-15-5-3-2-4-13(15)17-14(10-20)16(19-22-17)11-6-8-12(18)9-7-11/h2-9,20H,10H2,1H3. The van der Waals surface area contributed by atoms with E-state index in [9.17, 15) is 9.50 Å². The van der Waals surface area contributed by atoms with Crippen LogP contribution in [0.15, 0.2) is 53.1 Å². The number of ether oxygens (including phenoxy) is 1. The molecule has 0 radical (unpaired) electrons. The molecule has 5 heteroatoms. The highest BCUT2D eigenvalue weighted by molar-refractivity contribution is 5.75. The van der Waals surface area contributed by atoms with Crippen molar-refractivity contribution >= 4 is 0 Å². The first-order valence-corrected chi connectivity index (χ1v) is 6.73. The van der Waals surface area contributed by atoms with Crippen molar-refractivity contribution in [2.45, 2.75) is 6.61 Å². The molecular formula is C17H14FNO3. The van der Waals surface area contributed by atoms with Gasteiger partial charge in [0.15, 0.2) is 5.76 Å². The van der Waals surface area contributed by atoms with E-state index < -0.39 is 0 Å². The lowest BCUT2D eigenvalue weighted by molar-refractivity contribution is 0.281. The maximum Gasteiger partial charge on any atom is 0.176 e. The second-order valence-corrected chi connectivity index (χ2v) is 4.70. The van der Waals surface area contributed by atoms with Crippen molar-refractivity contribution in [1.29, 1.82) is 0 Å². The average Bonchev–Trinajstić information content (AvgIpc) is 2.99. The zero-order valence-corrected chi connectivity index (χ0v) is 11.9. The Morgan fingerprint density at radius 3 is 2.55 bits per heavy atom. The largest absolute Gasteiger partial charge is 0.496 e. The van der Waals surface area contributed by atoms with Crippen molar-refractivity contribution < 1.29 is 18.8 Å². The van der Waals surface area contributed by atoms with Crippen LogP contribution in [-0.2, 0) is 6.61 Å². The molecule has 3 rings (SSSR count). The van der Waals surface area contributed by atoms with Crippen LogP contribution in [0.4, 0.5) is 4.39 Å². The number of hydrogen-bond donors (Lipinski definition) is 1. The first kappa shape index (κ1) is 14.3. The molecule has 22 heavy (non-hydrogen) atoms. The van der Waals surface area contributed by atoms with Crippen LogP contribution < -0.4 is 4.74 Å². The van der Waals surface area contributed by atoms with Gasteiger partial charge in [0.1, 0.15) is 17.3 Å². The fourth-order valence-electron chi connectivity index (χ4n) is 2.33. The van der Waals surface area contributed by atoms with Gasteiger partial charge in [-0.15, -0.1) is 0 Å². The molecule has 0 unspecified atom stereocenters. The van der Waals surface area contributed by atoms with Gasteiger partial charge in [-0.25, -0.2) is 4.39 Å². The van der Waals surface area contributed by atoms with Crippen molar-refractivity contribution in [2.75, 3.05) is 7.11 Å². The third-order valence-electron chi connectivity index (χ3n) is 3.42. The highest BCUT2D eigenvalue weighted by Gasteiger charge is 2.20. The predicted octanol–water partition coefficient (Wildman–Crippen LogP) is 3.65. The Hall–Kier alpha value is -2.66. The van der Waals surface area contributed by atoms with Gasteiger partial charge in [-0.1, -0.05) is 17.3 Å². The third-order valence-corrected chi connectivity index (χ3v) is 3.42. The van der Waals surface area contributed by atoms with Crippen LogP contribution in [0, 0.1) is 5.82 Å². The van der Waals surface area contributed by atoms with Crippen LogP contribution in [-0.4, -0.2) is 17.4 Å². The molecule has 0 atom stereocenters. The molecule has 0 saturated heterocycles. The minimum atomic E-state index is -0.331. The van der Waals surface area contributed by atoms with Gasteiger partial charge < -0.3 is 14.4 Å². The van der Waals surface area contributed by atoms with Gasteiger partial charge in [-0.3, -0.25) is 0 Å². The molecule has 0 aliphatic carbocycles. The molecule has 3 aromatic rings. The number of aliphatic hydroxyl groups excluding tert-OH is 1. The highest BCUT2D eigenvalue weighted by Crippen LogP contribution is 2.36. The van der Waals surface area contributed by atoms with E-state index >= 15 is 0 Å². The molecule has 2 aromatic carbocycles. The molecule has 1 N–H and O–H groups in total. The molecule has 1 heterocycles. The first-order chi connectivity index (χ1) is 10.7. The van der Waals surface area contributed by atoms with Crippen LogP contribution in [0.5, 0.6) is 5.75 Å². The van der Waals surface area contributed by atoms with Gasteiger partial charge in [0.25, 0.3) is 0 Å². The first-order valence-electron chi connectivity index (χ1n) is 6.73. The molecule has 0 amide bonds. The predicted molar refractivity (Wildman–Crippen MR) is 79.8 cm³/mol. The number of halogens is 1. The van der Waals surface area contributed by atoms with E-state index in [-0.39, 0.29) is 12.4 Å².